The third-order valence-corrected chi connectivity index (χ3v) is 4.03. The van der Waals surface area contributed by atoms with Crippen LogP contribution in [-0.4, -0.2) is 57.8 Å². The molecule has 30 heavy (non-hydrogen) atoms. The number of anilines is 1. The van der Waals surface area contributed by atoms with Gasteiger partial charge in [-0.1, -0.05) is 13.8 Å². The Labute approximate surface area is 172 Å². The van der Waals surface area contributed by atoms with Crippen molar-refractivity contribution in [2.45, 2.75) is 33.5 Å². The third-order valence-electron chi connectivity index (χ3n) is 4.03. The molecule has 0 saturated heterocycles. The standard InChI is InChI=1S/C18H26N6O6/c1-10(2)13(21-11(3)7-12(25)28-4)17(27)30-6-5-29-9-24-8-20-14-15(24)22-18(19)23-16(14)26/h7-8,10,13,21H,5-6,9H2,1-4H3,(H3,19,22,23,26)/t13-/m0/s1. The van der Waals surface area contributed by atoms with E-state index >= 15 is 0 Å². The predicted molar refractivity (Wildman–Crippen MR) is 107 cm³/mol. The molecule has 0 aromatic carbocycles. The van der Waals surface area contributed by atoms with Crippen LogP contribution in [0.25, 0.3) is 11.2 Å². The predicted octanol–water partition coefficient (Wildman–Crippen LogP) is -0.0899. The van der Waals surface area contributed by atoms with Crippen molar-refractivity contribution in [3.8, 4) is 0 Å². The van der Waals surface area contributed by atoms with Gasteiger partial charge in [-0.05, 0) is 12.8 Å². The maximum atomic E-state index is 12.4. The Hall–Kier alpha value is -3.41. The van der Waals surface area contributed by atoms with Crippen LogP contribution in [0.2, 0.25) is 0 Å². The number of fused-ring (bicyclic) bond motifs is 1. The summed E-state index contributed by atoms with van der Waals surface area (Å²) < 4.78 is 16.8. The SMILES string of the molecule is COC(=O)C=C(C)N[C@H](C(=O)OCCOCn1cnc2c(=O)[nH]c(N)nc21)C(C)C. The lowest BCUT2D eigenvalue weighted by molar-refractivity contribution is -0.149. The summed E-state index contributed by atoms with van der Waals surface area (Å²) in [6, 6.07) is -0.637. The Kier molecular flexibility index (Phi) is 7.92. The van der Waals surface area contributed by atoms with E-state index in [2.05, 4.69) is 25.0 Å². The molecule has 0 radical (unpaired) electrons. The number of ether oxygens (including phenoxy) is 3. The summed E-state index contributed by atoms with van der Waals surface area (Å²) >= 11 is 0. The molecule has 0 aliphatic rings. The second-order valence-electron chi connectivity index (χ2n) is 6.76. The first-order valence-corrected chi connectivity index (χ1v) is 9.20. The van der Waals surface area contributed by atoms with Gasteiger partial charge in [0.1, 0.15) is 19.4 Å². The highest BCUT2D eigenvalue weighted by molar-refractivity contribution is 5.83. The van der Waals surface area contributed by atoms with Crippen molar-refractivity contribution >= 4 is 29.1 Å². The van der Waals surface area contributed by atoms with Crippen LogP contribution in [0.4, 0.5) is 5.95 Å². The molecule has 0 saturated carbocycles. The van der Waals surface area contributed by atoms with Crippen molar-refractivity contribution in [3.63, 3.8) is 0 Å². The van der Waals surface area contributed by atoms with Crippen LogP contribution < -0.4 is 16.6 Å². The molecule has 2 heterocycles. The van der Waals surface area contributed by atoms with Crippen LogP contribution in [0.5, 0.6) is 0 Å². The summed E-state index contributed by atoms with van der Waals surface area (Å²) in [6.45, 7) is 5.55. The number of allylic oxidation sites excluding steroid dienone is 1. The van der Waals surface area contributed by atoms with Gasteiger partial charge in [0.2, 0.25) is 5.95 Å². The number of hydrogen-bond donors (Lipinski definition) is 3. The monoisotopic (exact) mass is 422 g/mol. The number of H-pyrrole nitrogens is 1. The highest BCUT2D eigenvalue weighted by Crippen LogP contribution is 2.08. The van der Waals surface area contributed by atoms with Gasteiger partial charge in [-0.25, -0.2) is 14.6 Å². The molecule has 2 aromatic rings. The molecule has 0 bridgehead atoms. The number of aromatic amines is 1. The minimum absolute atomic E-state index is 0.0201. The molecule has 0 fully saturated rings. The number of aromatic nitrogens is 4. The smallest absolute Gasteiger partial charge is 0.332 e. The summed E-state index contributed by atoms with van der Waals surface area (Å²) in [5, 5.41) is 2.96. The number of hydrogen-bond acceptors (Lipinski definition) is 10. The average Bonchev–Trinajstić information content (AvgIpc) is 3.08. The van der Waals surface area contributed by atoms with E-state index in [9.17, 15) is 14.4 Å². The fourth-order valence-electron chi connectivity index (χ4n) is 2.54. The van der Waals surface area contributed by atoms with Gasteiger partial charge in [-0.2, -0.15) is 4.98 Å². The molecule has 0 spiro atoms. The van der Waals surface area contributed by atoms with E-state index in [0.29, 0.717) is 11.3 Å². The maximum absolute atomic E-state index is 12.4. The van der Waals surface area contributed by atoms with E-state index in [1.54, 1.807) is 6.92 Å². The zero-order chi connectivity index (χ0) is 22.3. The van der Waals surface area contributed by atoms with E-state index in [-0.39, 0.29) is 37.3 Å². The summed E-state index contributed by atoms with van der Waals surface area (Å²) in [5.74, 6) is -1.09. The molecule has 1 atom stereocenters. The quantitative estimate of drug-likeness (QED) is 0.268. The average molecular weight is 422 g/mol. The molecule has 0 amide bonds. The number of methoxy groups -OCH3 is 1. The van der Waals surface area contributed by atoms with Gasteiger partial charge in [0.05, 0.1) is 20.0 Å². The first-order chi connectivity index (χ1) is 14.2. The van der Waals surface area contributed by atoms with Gasteiger partial charge >= 0.3 is 11.9 Å². The number of nitrogens with zero attached hydrogens (tertiary/aromatic N) is 3. The molecule has 0 unspecified atom stereocenters. The van der Waals surface area contributed by atoms with Crippen molar-refractivity contribution < 1.29 is 23.8 Å². The second kappa shape index (κ2) is 10.4. The van der Waals surface area contributed by atoms with Crippen LogP contribution in [0.15, 0.2) is 22.9 Å². The fraction of sp³-hybridized carbons (Fsp3) is 0.500. The maximum Gasteiger partial charge on any atom is 0.332 e. The molecule has 4 N–H and O–H groups in total. The van der Waals surface area contributed by atoms with Gasteiger partial charge in [0, 0.05) is 11.8 Å². The van der Waals surface area contributed by atoms with Crippen molar-refractivity contribution in [2.75, 3.05) is 26.1 Å². The Balaban J connectivity index is 1.84. The Morgan fingerprint density at radius 1 is 1.37 bits per heavy atom. The molecule has 0 aliphatic carbocycles. The first-order valence-electron chi connectivity index (χ1n) is 9.20. The summed E-state index contributed by atoms with van der Waals surface area (Å²) in [5.41, 5.74) is 6.04. The minimum Gasteiger partial charge on any atom is -0.466 e. The number of nitrogens with one attached hydrogen (secondary N) is 2. The molecule has 2 aromatic heterocycles. The van der Waals surface area contributed by atoms with Crippen LogP contribution in [0.3, 0.4) is 0 Å². The van der Waals surface area contributed by atoms with Gasteiger partial charge in [-0.15, -0.1) is 0 Å². The summed E-state index contributed by atoms with van der Waals surface area (Å²) in [4.78, 5) is 45.8. The number of carbonyl (C=O) groups is 2. The van der Waals surface area contributed by atoms with E-state index in [0.717, 1.165) is 0 Å². The Bertz CT molecular complexity index is 979. The van der Waals surface area contributed by atoms with Crippen LogP contribution in [0, 0.1) is 5.92 Å². The highest BCUT2D eigenvalue weighted by atomic mass is 16.6. The van der Waals surface area contributed by atoms with Crippen LogP contribution >= 0.6 is 0 Å². The molecule has 2 rings (SSSR count). The van der Waals surface area contributed by atoms with Crippen molar-refractivity contribution in [2.24, 2.45) is 5.92 Å². The minimum atomic E-state index is -0.637. The molecular formula is C18H26N6O6. The van der Waals surface area contributed by atoms with E-state index in [4.69, 9.17) is 15.2 Å². The number of imidazole rings is 1. The lowest BCUT2D eigenvalue weighted by atomic mass is 10.0. The number of nitrogen functional groups attached to an aromatic ring is 1. The van der Waals surface area contributed by atoms with Gasteiger partial charge in [0.15, 0.2) is 11.2 Å². The lowest BCUT2D eigenvalue weighted by Gasteiger charge is -2.22. The zero-order valence-electron chi connectivity index (χ0n) is 17.3. The zero-order valence-corrected chi connectivity index (χ0v) is 17.3. The third kappa shape index (κ3) is 6.04. The lowest BCUT2D eigenvalue weighted by Crippen LogP contribution is -2.41. The van der Waals surface area contributed by atoms with Gasteiger partial charge in [-0.3, -0.25) is 14.3 Å². The number of esters is 2. The van der Waals surface area contributed by atoms with Crippen molar-refractivity contribution in [1.82, 2.24) is 24.8 Å². The first kappa shape index (κ1) is 22.9. The summed E-state index contributed by atoms with van der Waals surface area (Å²) in [7, 11) is 1.27. The molecule has 0 aliphatic heterocycles. The van der Waals surface area contributed by atoms with E-state index in [1.165, 1.54) is 24.1 Å². The summed E-state index contributed by atoms with van der Waals surface area (Å²) in [6.07, 6.45) is 2.67. The Morgan fingerprint density at radius 2 is 2.10 bits per heavy atom. The number of rotatable bonds is 10. The van der Waals surface area contributed by atoms with E-state index < -0.39 is 23.5 Å². The highest BCUT2D eigenvalue weighted by Gasteiger charge is 2.23. The van der Waals surface area contributed by atoms with Gasteiger partial charge < -0.3 is 25.3 Å². The number of carbonyl (C=O) groups excluding carboxylic acids is 2. The van der Waals surface area contributed by atoms with Gasteiger partial charge in [0.25, 0.3) is 5.56 Å². The van der Waals surface area contributed by atoms with Crippen LogP contribution in [-0.2, 0) is 30.5 Å². The Morgan fingerprint density at radius 3 is 2.77 bits per heavy atom. The largest absolute Gasteiger partial charge is 0.466 e. The van der Waals surface area contributed by atoms with E-state index in [1.807, 2.05) is 13.8 Å². The fourth-order valence-corrected chi connectivity index (χ4v) is 2.54. The normalized spacial score (nSPS) is 12.8. The topological polar surface area (TPSA) is 163 Å². The van der Waals surface area contributed by atoms with Crippen molar-refractivity contribution in [3.05, 3.63) is 28.5 Å². The second-order valence-corrected chi connectivity index (χ2v) is 6.76. The van der Waals surface area contributed by atoms with Crippen molar-refractivity contribution in [1.29, 1.82) is 0 Å². The molecule has 12 nitrogen and oxygen atoms in total. The molecule has 12 heteroatoms. The van der Waals surface area contributed by atoms with Crippen LogP contribution in [0.1, 0.15) is 20.8 Å². The molecule has 164 valence electrons. The number of nitrogens with two attached hydrogens (primary N) is 1. The molecular weight excluding hydrogens is 396 g/mol.